The fourth-order valence-electron chi connectivity index (χ4n) is 2.09. The van der Waals surface area contributed by atoms with E-state index in [1.165, 1.54) is 16.9 Å². The van der Waals surface area contributed by atoms with E-state index < -0.39 is 0 Å². The number of fused-ring (bicyclic) bond motifs is 1. The fourth-order valence-corrected chi connectivity index (χ4v) is 2.69. The third-order valence-corrected chi connectivity index (χ3v) is 4.07. The van der Waals surface area contributed by atoms with Crippen LogP contribution in [-0.4, -0.2) is 33.8 Å². The van der Waals surface area contributed by atoms with E-state index >= 15 is 0 Å². The number of rotatable bonds is 4. The third-order valence-electron chi connectivity index (χ3n) is 3.20. The number of hydrogen-bond donors (Lipinski definition) is 2. The number of likely N-dealkylation sites (N-methyl/N-ethyl adjacent to an activating group) is 1. The number of aromatic nitrogens is 4. The topological polar surface area (TPSA) is 83.7 Å². The minimum Gasteiger partial charge on any atom is -0.374 e. The summed E-state index contributed by atoms with van der Waals surface area (Å²) in [5.41, 5.74) is 8.91. The first-order chi connectivity index (χ1) is 9.63. The first kappa shape index (κ1) is 12.9. The molecule has 2 aromatic heterocycles. The molecule has 0 atom stereocenters. The Morgan fingerprint density at radius 2 is 2.20 bits per heavy atom. The number of aryl methyl sites for hydroxylation is 1. The zero-order valence-corrected chi connectivity index (χ0v) is 12.2. The maximum absolute atomic E-state index is 5.59. The Morgan fingerprint density at radius 3 is 2.90 bits per heavy atom. The molecular weight excluding hydrogens is 272 g/mol. The van der Waals surface area contributed by atoms with Gasteiger partial charge in [-0.3, -0.25) is 0 Å². The van der Waals surface area contributed by atoms with Gasteiger partial charge in [0, 0.05) is 20.0 Å². The lowest BCUT2D eigenvalue weighted by Gasteiger charge is -2.13. The highest BCUT2D eigenvalue weighted by Crippen LogP contribution is 2.21. The number of nitrogen functional groups attached to an aromatic ring is 1. The average Bonchev–Trinajstić information content (AvgIpc) is 3.03. The molecule has 104 valence electrons. The fraction of sp³-hybridized carbons (Fsp3) is 0.308. The zero-order valence-electron chi connectivity index (χ0n) is 11.4. The van der Waals surface area contributed by atoms with Crippen LogP contribution in [0.2, 0.25) is 0 Å². The van der Waals surface area contributed by atoms with E-state index in [4.69, 9.17) is 5.73 Å². The zero-order chi connectivity index (χ0) is 14.1. The average molecular weight is 288 g/mol. The van der Waals surface area contributed by atoms with E-state index in [0.717, 1.165) is 35.0 Å². The Morgan fingerprint density at radius 1 is 1.35 bits per heavy atom. The lowest BCUT2D eigenvalue weighted by molar-refractivity contribution is 0.826. The lowest BCUT2D eigenvalue weighted by atomic mass is 10.2. The van der Waals surface area contributed by atoms with Gasteiger partial charge in [0.1, 0.15) is 5.82 Å². The van der Waals surface area contributed by atoms with Crippen molar-refractivity contribution >= 4 is 32.6 Å². The minimum absolute atomic E-state index is 0.492. The normalized spacial score (nSPS) is 11.1. The molecule has 0 aliphatic heterocycles. The van der Waals surface area contributed by atoms with Crippen LogP contribution in [0, 0.1) is 6.92 Å². The number of nitrogens with two attached hydrogens (primary N) is 1. The molecule has 3 N–H and O–H groups in total. The molecule has 0 unspecified atom stereocenters. The SMILES string of the molecule is Cc1cccc2[nH]c(CCN(C)c3nnc(N)s3)nc12. The second kappa shape index (κ2) is 5.09. The van der Waals surface area contributed by atoms with E-state index in [-0.39, 0.29) is 0 Å². The van der Waals surface area contributed by atoms with Gasteiger partial charge in [-0.05, 0) is 18.6 Å². The Kier molecular flexibility index (Phi) is 3.27. The Balaban J connectivity index is 1.72. The molecule has 20 heavy (non-hydrogen) atoms. The van der Waals surface area contributed by atoms with Crippen molar-refractivity contribution < 1.29 is 0 Å². The molecule has 2 heterocycles. The summed E-state index contributed by atoms with van der Waals surface area (Å²) in [5.74, 6) is 0.985. The molecule has 0 saturated carbocycles. The molecule has 6 nitrogen and oxygen atoms in total. The number of H-pyrrole nitrogens is 1. The third kappa shape index (κ3) is 2.44. The van der Waals surface area contributed by atoms with Gasteiger partial charge in [-0.25, -0.2) is 4.98 Å². The highest BCUT2D eigenvalue weighted by Gasteiger charge is 2.09. The summed E-state index contributed by atoms with van der Waals surface area (Å²) >= 11 is 1.39. The van der Waals surface area contributed by atoms with Crippen LogP contribution >= 0.6 is 11.3 Å². The number of imidazole rings is 1. The smallest absolute Gasteiger partial charge is 0.209 e. The van der Waals surface area contributed by atoms with Crippen molar-refractivity contribution in [3.63, 3.8) is 0 Å². The lowest BCUT2D eigenvalue weighted by Crippen LogP contribution is -2.20. The van der Waals surface area contributed by atoms with Crippen LogP contribution in [0.4, 0.5) is 10.3 Å². The number of para-hydroxylation sites is 1. The van der Waals surface area contributed by atoms with E-state index in [2.05, 4.69) is 33.2 Å². The molecule has 3 rings (SSSR count). The molecule has 0 spiro atoms. The largest absolute Gasteiger partial charge is 0.374 e. The van der Waals surface area contributed by atoms with Crippen LogP contribution < -0.4 is 10.6 Å². The van der Waals surface area contributed by atoms with Crippen molar-refractivity contribution in [2.75, 3.05) is 24.2 Å². The predicted molar refractivity (Wildman–Crippen MR) is 82.1 cm³/mol. The van der Waals surface area contributed by atoms with Crippen LogP contribution in [0.3, 0.4) is 0 Å². The molecule has 0 fully saturated rings. The van der Waals surface area contributed by atoms with E-state index in [1.54, 1.807) is 0 Å². The predicted octanol–water partition coefficient (Wildman–Crippen LogP) is 1.98. The maximum atomic E-state index is 5.59. The number of hydrogen-bond acceptors (Lipinski definition) is 6. The minimum atomic E-state index is 0.492. The van der Waals surface area contributed by atoms with Gasteiger partial charge in [0.05, 0.1) is 11.0 Å². The van der Waals surface area contributed by atoms with E-state index in [1.807, 2.05) is 24.1 Å². The number of nitrogens with zero attached hydrogens (tertiary/aromatic N) is 4. The van der Waals surface area contributed by atoms with Crippen molar-refractivity contribution in [3.05, 3.63) is 29.6 Å². The molecular formula is C13H16N6S. The van der Waals surface area contributed by atoms with Crippen molar-refractivity contribution in [2.24, 2.45) is 0 Å². The van der Waals surface area contributed by atoms with Crippen molar-refractivity contribution in [2.45, 2.75) is 13.3 Å². The van der Waals surface area contributed by atoms with Gasteiger partial charge in [0.25, 0.3) is 0 Å². The summed E-state index contributed by atoms with van der Waals surface area (Å²) in [7, 11) is 1.98. The van der Waals surface area contributed by atoms with E-state index in [0.29, 0.717) is 5.13 Å². The first-order valence-electron chi connectivity index (χ1n) is 6.38. The maximum Gasteiger partial charge on any atom is 0.209 e. The number of anilines is 2. The van der Waals surface area contributed by atoms with Gasteiger partial charge in [-0.1, -0.05) is 23.5 Å². The molecule has 3 aromatic rings. The molecule has 0 bridgehead atoms. The van der Waals surface area contributed by atoms with Crippen LogP contribution in [0.25, 0.3) is 11.0 Å². The van der Waals surface area contributed by atoms with Crippen LogP contribution in [-0.2, 0) is 6.42 Å². The number of nitrogens with one attached hydrogen (secondary N) is 1. The summed E-state index contributed by atoms with van der Waals surface area (Å²) in [6, 6.07) is 6.16. The summed E-state index contributed by atoms with van der Waals surface area (Å²) in [5, 5.41) is 9.16. The van der Waals surface area contributed by atoms with Crippen molar-refractivity contribution in [1.82, 2.24) is 20.2 Å². The number of aromatic amines is 1. The summed E-state index contributed by atoms with van der Waals surface area (Å²) in [6.07, 6.45) is 0.824. The standard InChI is InChI=1S/C13H16N6S/c1-8-4-3-5-9-11(8)16-10(15-9)6-7-19(2)13-18-17-12(14)20-13/h3-5H,6-7H2,1-2H3,(H2,14,17)(H,15,16). The molecule has 1 aromatic carbocycles. The number of benzene rings is 1. The molecule has 0 radical (unpaired) electrons. The van der Waals surface area contributed by atoms with Gasteiger partial charge in [0.15, 0.2) is 0 Å². The summed E-state index contributed by atoms with van der Waals surface area (Å²) in [4.78, 5) is 10.0. The monoisotopic (exact) mass is 288 g/mol. The van der Waals surface area contributed by atoms with Gasteiger partial charge in [-0.15, -0.1) is 10.2 Å². The molecule has 0 aliphatic carbocycles. The molecule has 0 saturated heterocycles. The second-order valence-electron chi connectivity index (χ2n) is 4.75. The Hall–Kier alpha value is -2.15. The summed E-state index contributed by atoms with van der Waals surface area (Å²) < 4.78 is 0. The van der Waals surface area contributed by atoms with Gasteiger partial charge in [0.2, 0.25) is 10.3 Å². The van der Waals surface area contributed by atoms with Crippen LogP contribution in [0.5, 0.6) is 0 Å². The van der Waals surface area contributed by atoms with Crippen molar-refractivity contribution in [1.29, 1.82) is 0 Å². The first-order valence-corrected chi connectivity index (χ1v) is 7.19. The van der Waals surface area contributed by atoms with Crippen LogP contribution in [0.1, 0.15) is 11.4 Å². The van der Waals surface area contributed by atoms with E-state index in [9.17, 15) is 0 Å². The Bertz CT molecular complexity index is 731. The molecule has 0 amide bonds. The van der Waals surface area contributed by atoms with Gasteiger partial charge >= 0.3 is 0 Å². The molecule has 0 aliphatic rings. The quantitative estimate of drug-likeness (QED) is 0.767. The van der Waals surface area contributed by atoms with Gasteiger partial charge < -0.3 is 15.6 Å². The summed E-state index contributed by atoms with van der Waals surface area (Å²) in [6.45, 7) is 2.89. The Labute approximate surface area is 120 Å². The highest BCUT2D eigenvalue weighted by molar-refractivity contribution is 7.18. The van der Waals surface area contributed by atoms with Gasteiger partial charge in [-0.2, -0.15) is 0 Å². The second-order valence-corrected chi connectivity index (χ2v) is 5.74. The van der Waals surface area contributed by atoms with Crippen molar-refractivity contribution in [3.8, 4) is 0 Å². The van der Waals surface area contributed by atoms with Crippen LogP contribution in [0.15, 0.2) is 18.2 Å². The highest BCUT2D eigenvalue weighted by atomic mass is 32.1. The molecule has 7 heteroatoms.